The second kappa shape index (κ2) is 4.56. The first kappa shape index (κ1) is 13.1. The number of pyridine rings is 1. The van der Waals surface area contributed by atoms with Gasteiger partial charge < -0.3 is 9.30 Å². The van der Waals surface area contributed by atoms with E-state index in [2.05, 4.69) is 53.7 Å². The molecule has 0 radical (unpaired) electrons. The molecule has 3 heteroatoms. The van der Waals surface area contributed by atoms with Crippen LogP contribution in [-0.4, -0.2) is 22.3 Å². The van der Waals surface area contributed by atoms with E-state index in [0.29, 0.717) is 6.10 Å². The van der Waals surface area contributed by atoms with Crippen LogP contribution in [0.5, 0.6) is 0 Å². The van der Waals surface area contributed by atoms with Crippen molar-refractivity contribution >= 4 is 32.6 Å². The Hall–Kier alpha value is -2.39. The van der Waals surface area contributed by atoms with Crippen molar-refractivity contribution < 1.29 is 4.74 Å². The van der Waals surface area contributed by atoms with Gasteiger partial charge >= 0.3 is 0 Å². The first-order valence-electron chi connectivity index (χ1n) is 8.11. The van der Waals surface area contributed by atoms with E-state index in [1.54, 1.807) is 0 Å². The van der Waals surface area contributed by atoms with Crippen molar-refractivity contribution in [1.29, 1.82) is 0 Å². The highest BCUT2D eigenvalue weighted by Crippen LogP contribution is 2.38. The first-order chi connectivity index (χ1) is 11.3. The van der Waals surface area contributed by atoms with Crippen LogP contribution in [0.3, 0.4) is 0 Å². The number of epoxide rings is 1. The zero-order chi connectivity index (χ0) is 15.6. The van der Waals surface area contributed by atoms with Gasteiger partial charge in [0.1, 0.15) is 0 Å². The minimum Gasteiger partial charge on any atom is -0.371 e. The number of nitrogens with zero attached hydrogens (tertiary/aromatic N) is 2. The Morgan fingerprint density at radius 2 is 1.91 bits per heavy atom. The van der Waals surface area contributed by atoms with Gasteiger partial charge in [0.15, 0.2) is 0 Å². The predicted octanol–water partition coefficient (Wildman–Crippen LogP) is 4.36. The molecule has 1 aliphatic heterocycles. The monoisotopic (exact) mass is 302 g/mol. The van der Waals surface area contributed by atoms with Gasteiger partial charge in [0.25, 0.3) is 0 Å². The summed E-state index contributed by atoms with van der Waals surface area (Å²) in [6, 6.07) is 10.8. The Bertz CT molecular complexity index is 1070. The largest absolute Gasteiger partial charge is 0.371 e. The molecule has 0 bridgehead atoms. The number of aryl methyl sites for hydroxylation is 2. The number of hydrogen-bond donors (Lipinski definition) is 0. The summed E-state index contributed by atoms with van der Waals surface area (Å²) < 4.78 is 7.96. The molecule has 23 heavy (non-hydrogen) atoms. The molecule has 114 valence electrons. The number of hydrogen-bond acceptors (Lipinski definition) is 2. The van der Waals surface area contributed by atoms with Crippen molar-refractivity contribution in [2.24, 2.45) is 0 Å². The third-order valence-corrected chi connectivity index (χ3v) is 5.12. The van der Waals surface area contributed by atoms with Gasteiger partial charge in [-0.1, -0.05) is 18.2 Å². The highest BCUT2D eigenvalue weighted by Gasteiger charge is 2.26. The Morgan fingerprint density at radius 3 is 2.74 bits per heavy atom. The maximum Gasteiger partial charge on any atom is 0.0988 e. The summed E-state index contributed by atoms with van der Waals surface area (Å²) in [5, 5.41) is 5.24. The van der Waals surface area contributed by atoms with E-state index < -0.39 is 0 Å². The molecule has 0 N–H and O–H groups in total. The number of ether oxygens (including phenoxy) is 1. The van der Waals surface area contributed by atoms with E-state index >= 15 is 0 Å². The van der Waals surface area contributed by atoms with Gasteiger partial charge in [-0.05, 0) is 42.5 Å². The average molecular weight is 302 g/mol. The molecule has 1 fully saturated rings. The lowest BCUT2D eigenvalue weighted by molar-refractivity contribution is 0.387. The van der Waals surface area contributed by atoms with E-state index in [9.17, 15) is 0 Å². The van der Waals surface area contributed by atoms with Crippen molar-refractivity contribution in [2.75, 3.05) is 6.61 Å². The van der Waals surface area contributed by atoms with Crippen molar-refractivity contribution in [3.8, 4) is 0 Å². The molecule has 2 aromatic heterocycles. The molecule has 1 aliphatic rings. The van der Waals surface area contributed by atoms with Crippen LogP contribution in [-0.2, 0) is 11.3 Å². The van der Waals surface area contributed by atoms with Crippen LogP contribution in [0.15, 0.2) is 42.7 Å². The third kappa shape index (κ3) is 1.77. The zero-order valence-corrected chi connectivity index (χ0v) is 13.3. The normalized spacial score (nSPS) is 17.4. The predicted molar refractivity (Wildman–Crippen MR) is 94.0 cm³/mol. The minimum atomic E-state index is 0.363. The van der Waals surface area contributed by atoms with Gasteiger partial charge in [0.2, 0.25) is 0 Å². The standard InChI is InChI=1S/C20H18N2O/c1-12-17-9-21-8-7-15(17)13(2)20-19(12)16-5-3-4-6-18(16)22(20)10-14-11-23-14/h3-9,14H,10-11H2,1-2H3/t14-/m0/s1. The van der Waals surface area contributed by atoms with Gasteiger partial charge in [-0.25, -0.2) is 0 Å². The maximum atomic E-state index is 5.51. The summed E-state index contributed by atoms with van der Waals surface area (Å²) >= 11 is 0. The molecule has 3 nitrogen and oxygen atoms in total. The fraction of sp³-hybridized carbons (Fsp3) is 0.250. The number of aromatic nitrogens is 2. The number of benzene rings is 2. The van der Waals surface area contributed by atoms with E-state index in [4.69, 9.17) is 4.74 Å². The Labute approximate surface area is 134 Å². The average Bonchev–Trinajstić information content (AvgIpc) is 3.34. The van der Waals surface area contributed by atoms with Crippen LogP contribution in [0.4, 0.5) is 0 Å². The second-order valence-corrected chi connectivity index (χ2v) is 6.48. The van der Waals surface area contributed by atoms with Crippen LogP contribution in [0.2, 0.25) is 0 Å². The Kier molecular flexibility index (Phi) is 2.59. The van der Waals surface area contributed by atoms with Crippen LogP contribution in [0.1, 0.15) is 11.1 Å². The van der Waals surface area contributed by atoms with Crippen molar-refractivity contribution in [1.82, 2.24) is 9.55 Å². The summed E-state index contributed by atoms with van der Waals surface area (Å²) in [4.78, 5) is 4.34. The smallest absolute Gasteiger partial charge is 0.0988 e. The zero-order valence-electron chi connectivity index (χ0n) is 13.3. The van der Waals surface area contributed by atoms with Gasteiger partial charge in [0, 0.05) is 34.1 Å². The van der Waals surface area contributed by atoms with Crippen LogP contribution in [0.25, 0.3) is 32.6 Å². The molecule has 0 spiro atoms. The second-order valence-electron chi connectivity index (χ2n) is 6.48. The summed E-state index contributed by atoms with van der Waals surface area (Å²) in [5.41, 5.74) is 5.30. The van der Waals surface area contributed by atoms with E-state index in [-0.39, 0.29) is 0 Å². The van der Waals surface area contributed by atoms with Crippen LogP contribution in [0, 0.1) is 13.8 Å². The molecule has 0 aliphatic carbocycles. The lowest BCUT2D eigenvalue weighted by Gasteiger charge is -2.12. The van der Waals surface area contributed by atoms with Crippen molar-refractivity contribution in [3.05, 3.63) is 53.9 Å². The first-order valence-corrected chi connectivity index (χ1v) is 8.11. The van der Waals surface area contributed by atoms with Gasteiger partial charge in [0.05, 0.1) is 24.8 Å². The molecule has 1 saturated heterocycles. The molecule has 0 unspecified atom stereocenters. The van der Waals surface area contributed by atoms with Gasteiger partial charge in [-0.15, -0.1) is 0 Å². The fourth-order valence-corrected chi connectivity index (χ4v) is 3.92. The molecule has 5 rings (SSSR count). The topological polar surface area (TPSA) is 30.4 Å². The Morgan fingerprint density at radius 1 is 1.09 bits per heavy atom. The summed E-state index contributed by atoms with van der Waals surface area (Å²) in [6.07, 6.45) is 4.24. The SMILES string of the molecule is Cc1c2cnccc2c(C)c2c1c1ccccc1n2C[C@H]1CO1. The number of rotatable bonds is 2. The fourth-order valence-electron chi connectivity index (χ4n) is 3.92. The van der Waals surface area contributed by atoms with E-state index in [1.807, 2.05) is 12.4 Å². The highest BCUT2D eigenvalue weighted by molar-refractivity contribution is 6.16. The highest BCUT2D eigenvalue weighted by atomic mass is 16.6. The van der Waals surface area contributed by atoms with E-state index in [1.165, 1.54) is 43.7 Å². The molecule has 0 amide bonds. The third-order valence-electron chi connectivity index (χ3n) is 5.12. The molecule has 0 saturated carbocycles. The molecular formula is C20H18N2O. The quantitative estimate of drug-likeness (QED) is 0.515. The van der Waals surface area contributed by atoms with E-state index in [0.717, 1.165) is 13.2 Å². The minimum absolute atomic E-state index is 0.363. The molecule has 4 aromatic rings. The molecular weight excluding hydrogens is 284 g/mol. The van der Waals surface area contributed by atoms with Crippen LogP contribution >= 0.6 is 0 Å². The number of para-hydroxylation sites is 1. The lowest BCUT2D eigenvalue weighted by Crippen LogP contribution is -2.04. The molecule has 2 aromatic carbocycles. The number of fused-ring (bicyclic) bond motifs is 4. The van der Waals surface area contributed by atoms with Gasteiger partial charge in [-0.3, -0.25) is 4.98 Å². The van der Waals surface area contributed by atoms with Gasteiger partial charge in [-0.2, -0.15) is 0 Å². The Balaban J connectivity index is 2.04. The van der Waals surface area contributed by atoms with Crippen molar-refractivity contribution in [2.45, 2.75) is 26.5 Å². The van der Waals surface area contributed by atoms with Crippen LogP contribution < -0.4 is 0 Å². The van der Waals surface area contributed by atoms with Crippen molar-refractivity contribution in [3.63, 3.8) is 0 Å². The maximum absolute atomic E-state index is 5.51. The molecule has 3 heterocycles. The lowest BCUT2D eigenvalue weighted by atomic mass is 9.97. The summed E-state index contributed by atoms with van der Waals surface area (Å²) in [5.74, 6) is 0. The molecule has 1 atom stereocenters. The summed E-state index contributed by atoms with van der Waals surface area (Å²) in [6.45, 7) is 6.26. The summed E-state index contributed by atoms with van der Waals surface area (Å²) in [7, 11) is 0.